The molecular formula is C20H27N5O+2. The molecule has 1 fully saturated rings. The lowest BCUT2D eigenvalue weighted by molar-refractivity contribution is -1.02. The van der Waals surface area contributed by atoms with Gasteiger partial charge in [0.25, 0.3) is 5.91 Å². The van der Waals surface area contributed by atoms with E-state index in [1.54, 1.807) is 17.3 Å². The van der Waals surface area contributed by atoms with Crippen molar-refractivity contribution in [3.63, 3.8) is 0 Å². The fraction of sp³-hybridized carbons (Fsp3) is 0.300. The Kier molecular flexibility index (Phi) is 6.35. The summed E-state index contributed by atoms with van der Waals surface area (Å²) in [7, 11) is 0. The van der Waals surface area contributed by atoms with E-state index in [9.17, 15) is 4.79 Å². The van der Waals surface area contributed by atoms with Gasteiger partial charge in [0.1, 0.15) is 32.7 Å². The molecule has 1 aromatic carbocycles. The molecule has 0 spiro atoms. The lowest BCUT2D eigenvalue weighted by Gasteiger charge is -2.29. The maximum Gasteiger partial charge on any atom is 0.293 e. The van der Waals surface area contributed by atoms with Gasteiger partial charge in [0.2, 0.25) is 0 Å². The zero-order chi connectivity index (χ0) is 18.2. The Labute approximate surface area is 154 Å². The summed E-state index contributed by atoms with van der Waals surface area (Å²) in [4.78, 5) is 19.1. The highest BCUT2D eigenvalue weighted by Crippen LogP contribution is 2.05. The first-order valence-electron chi connectivity index (χ1n) is 9.06. The second kappa shape index (κ2) is 9.12. The summed E-state index contributed by atoms with van der Waals surface area (Å²) in [6, 6.07) is 14.3. The summed E-state index contributed by atoms with van der Waals surface area (Å²) in [6.45, 7) is 9.69. The number of aromatic nitrogens is 1. The number of hydrogen-bond donors (Lipinski definition) is 4. The highest BCUT2D eigenvalue weighted by atomic mass is 16.2. The van der Waals surface area contributed by atoms with E-state index in [-0.39, 0.29) is 5.91 Å². The maximum atomic E-state index is 12.2. The molecule has 0 saturated carbocycles. The quantitative estimate of drug-likeness (QED) is 0.466. The molecule has 136 valence electrons. The molecule has 3 rings (SSSR count). The summed E-state index contributed by atoms with van der Waals surface area (Å²) >= 11 is 0. The minimum atomic E-state index is -0.0123. The van der Waals surface area contributed by atoms with Gasteiger partial charge in [0.05, 0.1) is 5.70 Å². The number of nitrogens with zero attached hydrogens (tertiary/aromatic N) is 1. The lowest BCUT2D eigenvalue weighted by atomic mass is 10.2. The van der Waals surface area contributed by atoms with Crippen LogP contribution in [-0.4, -0.2) is 43.6 Å². The fourth-order valence-corrected chi connectivity index (χ4v) is 3.24. The Balaban J connectivity index is 1.36. The maximum absolute atomic E-state index is 12.2. The molecule has 0 aliphatic carbocycles. The zero-order valence-electron chi connectivity index (χ0n) is 15.0. The van der Waals surface area contributed by atoms with E-state index in [1.807, 2.05) is 12.1 Å². The number of piperazine rings is 1. The van der Waals surface area contributed by atoms with Crippen LogP contribution >= 0.6 is 0 Å². The van der Waals surface area contributed by atoms with Gasteiger partial charge in [0.15, 0.2) is 6.54 Å². The molecule has 1 aliphatic rings. The van der Waals surface area contributed by atoms with Crippen LogP contribution in [0.2, 0.25) is 0 Å². The van der Waals surface area contributed by atoms with Crippen molar-refractivity contribution in [2.24, 2.45) is 0 Å². The lowest BCUT2D eigenvalue weighted by Crippen LogP contribution is -3.28. The minimum Gasteiger partial charge on any atom is -0.322 e. The van der Waals surface area contributed by atoms with E-state index < -0.39 is 0 Å². The molecule has 0 atom stereocenters. The molecule has 1 amide bonds. The first-order valence-corrected chi connectivity index (χ1v) is 9.06. The van der Waals surface area contributed by atoms with Gasteiger partial charge < -0.3 is 9.80 Å². The number of carbonyl (C=O) groups is 1. The minimum absolute atomic E-state index is 0.0123. The Morgan fingerprint density at radius 2 is 1.62 bits per heavy atom. The molecule has 0 bridgehead atoms. The average Bonchev–Trinajstić information content (AvgIpc) is 2.69. The number of nitrogens with one attached hydrogen (secondary N) is 4. The monoisotopic (exact) mass is 353 g/mol. The van der Waals surface area contributed by atoms with E-state index in [2.05, 4.69) is 52.7 Å². The summed E-state index contributed by atoms with van der Waals surface area (Å²) in [5.41, 5.74) is 8.58. The standard InChI is InChI=1S/C20H25N5O/c1-17(19-7-9-21-10-8-19)22-23-20(26)16-25-13-11-24(12-14-25)15-18-5-3-2-4-6-18/h2-10,22H,1,11-16H2,(H,23,26)/p+2. The third-order valence-electron chi connectivity index (χ3n) is 4.75. The highest BCUT2D eigenvalue weighted by molar-refractivity contribution is 5.77. The van der Waals surface area contributed by atoms with Gasteiger partial charge in [0, 0.05) is 23.5 Å². The van der Waals surface area contributed by atoms with Gasteiger partial charge in [-0.05, 0) is 12.1 Å². The molecule has 6 heteroatoms. The molecule has 1 aromatic heterocycles. The number of hydrazine groups is 1. The Bertz CT molecular complexity index is 711. The second-order valence-electron chi connectivity index (χ2n) is 6.73. The topological polar surface area (TPSA) is 62.9 Å². The number of hydrogen-bond acceptors (Lipinski definition) is 3. The van der Waals surface area contributed by atoms with Gasteiger partial charge >= 0.3 is 0 Å². The number of benzene rings is 1. The van der Waals surface area contributed by atoms with Crippen LogP contribution in [0.25, 0.3) is 5.70 Å². The van der Waals surface area contributed by atoms with Crippen LogP contribution in [0.4, 0.5) is 0 Å². The van der Waals surface area contributed by atoms with E-state index in [1.165, 1.54) is 10.5 Å². The number of rotatable bonds is 7. The summed E-state index contributed by atoms with van der Waals surface area (Å²) in [5, 5.41) is 0. The van der Waals surface area contributed by atoms with Gasteiger partial charge in [-0.1, -0.05) is 36.9 Å². The largest absolute Gasteiger partial charge is 0.322 e. The molecule has 2 heterocycles. The van der Waals surface area contributed by atoms with Crippen LogP contribution in [0.1, 0.15) is 11.1 Å². The van der Waals surface area contributed by atoms with Crippen molar-refractivity contribution in [1.82, 2.24) is 15.8 Å². The van der Waals surface area contributed by atoms with Gasteiger partial charge in [-0.15, -0.1) is 0 Å². The van der Waals surface area contributed by atoms with E-state index >= 15 is 0 Å². The van der Waals surface area contributed by atoms with Crippen molar-refractivity contribution in [3.8, 4) is 0 Å². The first kappa shape index (κ1) is 18.1. The van der Waals surface area contributed by atoms with Crippen LogP contribution in [-0.2, 0) is 11.3 Å². The predicted octanol–water partition coefficient (Wildman–Crippen LogP) is -1.34. The molecular weight excluding hydrogens is 326 g/mol. The van der Waals surface area contributed by atoms with Crippen LogP contribution < -0.4 is 20.7 Å². The summed E-state index contributed by atoms with van der Waals surface area (Å²) in [5.74, 6) is -0.0123. The Morgan fingerprint density at radius 3 is 2.31 bits per heavy atom. The molecule has 0 unspecified atom stereocenters. The van der Waals surface area contributed by atoms with Crippen molar-refractivity contribution in [2.75, 3.05) is 32.7 Å². The van der Waals surface area contributed by atoms with Crippen molar-refractivity contribution in [3.05, 3.63) is 72.6 Å². The van der Waals surface area contributed by atoms with Crippen LogP contribution in [0.3, 0.4) is 0 Å². The molecule has 4 N–H and O–H groups in total. The van der Waals surface area contributed by atoms with Crippen molar-refractivity contribution < 1.29 is 14.6 Å². The molecule has 2 aromatic rings. The van der Waals surface area contributed by atoms with E-state index in [4.69, 9.17) is 0 Å². The Hall–Kier alpha value is -2.70. The van der Waals surface area contributed by atoms with Crippen LogP contribution in [0.5, 0.6) is 0 Å². The van der Waals surface area contributed by atoms with E-state index in [0.29, 0.717) is 12.2 Å². The SMILES string of the molecule is C=C(NNC(=O)C[NH+]1CC[NH+](Cc2ccccc2)CC1)c1ccncc1. The number of carbonyl (C=O) groups excluding carboxylic acids is 1. The van der Waals surface area contributed by atoms with E-state index in [0.717, 1.165) is 38.3 Å². The van der Waals surface area contributed by atoms with Crippen molar-refractivity contribution in [2.45, 2.75) is 6.54 Å². The second-order valence-corrected chi connectivity index (χ2v) is 6.73. The number of pyridine rings is 1. The molecule has 0 radical (unpaired) electrons. The fourth-order valence-electron chi connectivity index (χ4n) is 3.24. The Morgan fingerprint density at radius 1 is 0.962 bits per heavy atom. The van der Waals surface area contributed by atoms with Crippen LogP contribution in [0.15, 0.2) is 61.4 Å². The van der Waals surface area contributed by atoms with Crippen LogP contribution in [0, 0.1) is 0 Å². The number of amides is 1. The highest BCUT2D eigenvalue weighted by Gasteiger charge is 2.24. The van der Waals surface area contributed by atoms with Gasteiger partial charge in [-0.2, -0.15) is 0 Å². The normalized spacial score (nSPS) is 19.5. The summed E-state index contributed by atoms with van der Waals surface area (Å²) < 4.78 is 0. The van der Waals surface area contributed by atoms with Crippen molar-refractivity contribution in [1.29, 1.82) is 0 Å². The predicted molar refractivity (Wildman–Crippen MR) is 101 cm³/mol. The third-order valence-corrected chi connectivity index (χ3v) is 4.75. The third kappa shape index (κ3) is 5.40. The molecule has 26 heavy (non-hydrogen) atoms. The molecule has 1 aliphatic heterocycles. The zero-order valence-corrected chi connectivity index (χ0v) is 15.0. The first-order chi connectivity index (χ1) is 12.7. The van der Waals surface area contributed by atoms with Gasteiger partial charge in [-0.25, -0.2) is 0 Å². The van der Waals surface area contributed by atoms with Gasteiger partial charge in [-0.3, -0.25) is 20.6 Å². The average molecular weight is 353 g/mol. The smallest absolute Gasteiger partial charge is 0.293 e. The summed E-state index contributed by atoms with van der Waals surface area (Å²) in [6.07, 6.45) is 3.40. The molecule has 6 nitrogen and oxygen atoms in total. The molecule has 1 saturated heterocycles. The number of quaternary nitrogens is 2. The van der Waals surface area contributed by atoms with Crippen molar-refractivity contribution >= 4 is 11.6 Å².